The molecule has 1 atom stereocenters. The molecule has 124 valence electrons. The molecule has 1 amide bonds. The van der Waals surface area contributed by atoms with Crippen molar-refractivity contribution in [3.05, 3.63) is 57.9 Å². The number of aromatic nitrogens is 2. The Hall–Kier alpha value is -2.31. The standard InChI is InChI=1S/C18H19N3O2S/c1-10-15-11(2)20-12(3)21-18(15)24-16(10)17(23)19-9-14(22)13-7-5-4-6-8-13/h4-8,14,22H,9H2,1-3H3,(H,19,23). The number of fused-ring (bicyclic) bond motifs is 1. The van der Waals surface area contributed by atoms with E-state index in [0.717, 1.165) is 27.0 Å². The summed E-state index contributed by atoms with van der Waals surface area (Å²) in [5.74, 6) is 0.509. The van der Waals surface area contributed by atoms with Crippen molar-refractivity contribution in [3.63, 3.8) is 0 Å². The van der Waals surface area contributed by atoms with Gasteiger partial charge in [0.25, 0.3) is 5.91 Å². The number of aryl methyl sites for hydroxylation is 3. The van der Waals surface area contributed by atoms with E-state index in [1.165, 1.54) is 11.3 Å². The van der Waals surface area contributed by atoms with Crippen molar-refractivity contribution in [2.45, 2.75) is 26.9 Å². The molecule has 0 aliphatic rings. The van der Waals surface area contributed by atoms with Gasteiger partial charge in [-0.2, -0.15) is 0 Å². The fraction of sp³-hybridized carbons (Fsp3) is 0.278. The Kier molecular flexibility index (Phi) is 4.59. The molecule has 24 heavy (non-hydrogen) atoms. The summed E-state index contributed by atoms with van der Waals surface area (Å²) in [4.78, 5) is 22.7. The van der Waals surface area contributed by atoms with Crippen LogP contribution in [0.25, 0.3) is 10.2 Å². The largest absolute Gasteiger partial charge is 0.387 e. The molecule has 0 bridgehead atoms. The molecule has 3 rings (SSSR count). The number of amides is 1. The second-order valence-corrected chi connectivity index (χ2v) is 6.73. The number of carbonyl (C=O) groups is 1. The Bertz CT molecular complexity index is 890. The first-order chi connectivity index (χ1) is 11.5. The van der Waals surface area contributed by atoms with Gasteiger partial charge in [0, 0.05) is 17.6 Å². The number of nitrogens with zero attached hydrogens (tertiary/aromatic N) is 2. The van der Waals surface area contributed by atoms with Crippen molar-refractivity contribution < 1.29 is 9.90 Å². The number of benzene rings is 1. The van der Waals surface area contributed by atoms with E-state index >= 15 is 0 Å². The molecule has 3 aromatic rings. The molecule has 2 heterocycles. The highest BCUT2D eigenvalue weighted by Gasteiger charge is 2.19. The van der Waals surface area contributed by atoms with E-state index in [2.05, 4.69) is 15.3 Å². The third kappa shape index (κ3) is 3.16. The van der Waals surface area contributed by atoms with Gasteiger partial charge in [0.1, 0.15) is 10.7 Å². The zero-order valence-electron chi connectivity index (χ0n) is 13.8. The smallest absolute Gasteiger partial charge is 0.261 e. The number of carbonyl (C=O) groups excluding carboxylic acids is 1. The lowest BCUT2D eigenvalue weighted by atomic mass is 10.1. The van der Waals surface area contributed by atoms with Crippen molar-refractivity contribution in [3.8, 4) is 0 Å². The molecule has 0 saturated carbocycles. The van der Waals surface area contributed by atoms with Gasteiger partial charge in [0.2, 0.25) is 0 Å². The lowest BCUT2D eigenvalue weighted by Crippen LogP contribution is -2.28. The highest BCUT2D eigenvalue weighted by Crippen LogP contribution is 2.31. The highest BCUT2D eigenvalue weighted by molar-refractivity contribution is 7.20. The van der Waals surface area contributed by atoms with Gasteiger partial charge in [0.15, 0.2) is 0 Å². The van der Waals surface area contributed by atoms with Crippen LogP contribution in [0.15, 0.2) is 30.3 Å². The number of thiophene rings is 1. The second kappa shape index (κ2) is 6.67. The van der Waals surface area contributed by atoms with Crippen LogP contribution in [-0.2, 0) is 0 Å². The number of hydrogen-bond acceptors (Lipinski definition) is 5. The monoisotopic (exact) mass is 341 g/mol. The van der Waals surface area contributed by atoms with E-state index in [9.17, 15) is 9.90 Å². The van der Waals surface area contributed by atoms with E-state index in [4.69, 9.17) is 0 Å². The molecule has 0 fully saturated rings. The number of rotatable bonds is 4. The molecule has 6 heteroatoms. The van der Waals surface area contributed by atoms with E-state index in [0.29, 0.717) is 10.7 Å². The fourth-order valence-corrected chi connectivity index (χ4v) is 3.95. The van der Waals surface area contributed by atoms with E-state index < -0.39 is 6.10 Å². The maximum atomic E-state index is 12.5. The first-order valence-electron chi connectivity index (χ1n) is 7.73. The van der Waals surface area contributed by atoms with Gasteiger partial charge < -0.3 is 10.4 Å². The van der Waals surface area contributed by atoms with Gasteiger partial charge in [-0.3, -0.25) is 4.79 Å². The van der Waals surface area contributed by atoms with Crippen LogP contribution in [0.5, 0.6) is 0 Å². The SMILES string of the molecule is Cc1nc(C)c2c(C)c(C(=O)NCC(O)c3ccccc3)sc2n1. The quantitative estimate of drug-likeness (QED) is 0.765. The van der Waals surface area contributed by atoms with Gasteiger partial charge in [0.05, 0.1) is 11.0 Å². The molecule has 0 spiro atoms. The summed E-state index contributed by atoms with van der Waals surface area (Å²) < 4.78 is 0. The normalized spacial score (nSPS) is 12.3. The Balaban J connectivity index is 1.79. The molecule has 2 aromatic heterocycles. The fourth-order valence-electron chi connectivity index (χ4n) is 2.75. The van der Waals surface area contributed by atoms with Crippen molar-refractivity contribution in [1.29, 1.82) is 0 Å². The van der Waals surface area contributed by atoms with Crippen LogP contribution < -0.4 is 5.32 Å². The minimum atomic E-state index is -0.728. The molecule has 5 nitrogen and oxygen atoms in total. The van der Waals surface area contributed by atoms with Crippen molar-refractivity contribution in [1.82, 2.24) is 15.3 Å². The number of aliphatic hydroxyl groups is 1. The Morgan fingerprint density at radius 1 is 1.21 bits per heavy atom. The van der Waals surface area contributed by atoms with Crippen LogP contribution in [-0.4, -0.2) is 27.5 Å². The first kappa shape index (κ1) is 16.5. The summed E-state index contributed by atoms with van der Waals surface area (Å²) in [6.07, 6.45) is -0.728. The van der Waals surface area contributed by atoms with Gasteiger partial charge >= 0.3 is 0 Å². The summed E-state index contributed by atoms with van der Waals surface area (Å²) in [5, 5.41) is 13.9. The van der Waals surface area contributed by atoms with E-state index in [1.807, 2.05) is 51.1 Å². The van der Waals surface area contributed by atoms with E-state index in [-0.39, 0.29) is 12.5 Å². The number of nitrogens with one attached hydrogen (secondary N) is 1. The topological polar surface area (TPSA) is 75.1 Å². The average molecular weight is 341 g/mol. The zero-order chi connectivity index (χ0) is 17.3. The van der Waals surface area contributed by atoms with Gasteiger partial charge in [-0.1, -0.05) is 30.3 Å². The summed E-state index contributed by atoms with van der Waals surface area (Å²) in [7, 11) is 0. The molecular formula is C18H19N3O2S. The van der Waals surface area contributed by atoms with Crippen LogP contribution in [0.1, 0.15) is 38.4 Å². The molecule has 1 aromatic carbocycles. The Morgan fingerprint density at radius 2 is 1.92 bits per heavy atom. The molecule has 0 aliphatic carbocycles. The van der Waals surface area contributed by atoms with Crippen molar-refractivity contribution >= 4 is 27.5 Å². The molecule has 1 unspecified atom stereocenters. The van der Waals surface area contributed by atoms with Crippen molar-refractivity contribution in [2.75, 3.05) is 6.54 Å². The lowest BCUT2D eigenvalue weighted by Gasteiger charge is -2.11. The minimum Gasteiger partial charge on any atom is -0.387 e. The predicted molar refractivity (Wildman–Crippen MR) is 95.4 cm³/mol. The predicted octanol–water partition coefficient (Wildman–Crippen LogP) is 3.08. The van der Waals surface area contributed by atoms with Gasteiger partial charge in [-0.15, -0.1) is 11.3 Å². The Morgan fingerprint density at radius 3 is 2.62 bits per heavy atom. The number of aliphatic hydroxyl groups excluding tert-OH is 1. The van der Waals surface area contributed by atoms with Crippen molar-refractivity contribution in [2.24, 2.45) is 0 Å². The summed E-state index contributed by atoms with van der Waals surface area (Å²) in [5.41, 5.74) is 2.55. The Labute approximate surface area is 144 Å². The summed E-state index contributed by atoms with van der Waals surface area (Å²) >= 11 is 1.36. The van der Waals surface area contributed by atoms with Gasteiger partial charge in [-0.25, -0.2) is 9.97 Å². The number of hydrogen-bond donors (Lipinski definition) is 2. The second-order valence-electron chi connectivity index (χ2n) is 5.73. The summed E-state index contributed by atoms with van der Waals surface area (Å²) in [6.45, 7) is 5.85. The first-order valence-corrected chi connectivity index (χ1v) is 8.54. The average Bonchev–Trinajstić information content (AvgIpc) is 2.90. The van der Waals surface area contributed by atoms with Crippen LogP contribution >= 0.6 is 11.3 Å². The highest BCUT2D eigenvalue weighted by atomic mass is 32.1. The maximum Gasteiger partial charge on any atom is 0.261 e. The van der Waals surface area contributed by atoms with E-state index in [1.54, 1.807) is 0 Å². The molecular weight excluding hydrogens is 322 g/mol. The van der Waals surface area contributed by atoms with Crippen LogP contribution in [0.2, 0.25) is 0 Å². The third-order valence-electron chi connectivity index (χ3n) is 3.93. The molecule has 0 aliphatic heterocycles. The van der Waals surface area contributed by atoms with Crippen LogP contribution in [0.3, 0.4) is 0 Å². The zero-order valence-corrected chi connectivity index (χ0v) is 14.6. The molecule has 0 radical (unpaired) electrons. The third-order valence-corrected chi connectivity index (χ3v) is 5.11. The van der Waals surface area contributed by atoms with Crippen LogP contribution in [0.4, 0.5) is 0 Å². The van der Waals surface area contributed by atoms with Gasteiger partial charge in [-0.05, 0) is 31.9 Å². The molecule has 0 saturated heterocycles. The molecule has 2 N–H and O–H groups in total. The van der Waals surface area contributed by atoms with Crippen LogP contribution in [0, 0.1) is 20.8 Å². The minimum absolute atomic E-state index is 0.167. The lowest BCUT2D eigenvalue weighted by molar-refractivity contribution is 0.0920. The summed E-state index contributed by atoms with van der Waals surface area (Å²) in [6, 6.07) is 9.29. The maximum absolute atomic E-state index is 12.5.